The van der Waals surface area contributed by atoms with Gasteiger partial charge in [0.2, 0.25) is 0 Å². The number of rotatable bonds is 4. The van der Waals surface area contributed by atoms with E-state index < -0.39 is 0 Å². The normalized spacial score (nSPS) is 18.3. The van der Waals surface area contributed by atoms with Crippen LogP contribution in [0.3, 0.4) is 0 Å². The fourth-order valence-corrected chi connectivity index (χ4v) is 4.14. The Morgan fingerprint density at radius 3 is 2.67 bits per heavy atom. The smallest absolute Gasteiger partial charge is 0.141 e. The molecule has 2 aromatic rings. The van der Waals surface area contributed by atoms with E-state index in [4.69, 9.17) is 9.97 Å². The van der Waals surface area contributed by atoms with Crippen molar-refractivity contribution in [1.29, 1.82) is 0 Å². The number of benzene rings is 1. The van der Waals surface area contributed by atoms with Crippen LogP contribution in [0.2, 0.25) is 0 Å². The minimum atomic E-state index is 0.0632. The Balaban J connectivity index is 1.81. The van der Waals surface area contributed by atoms with Gasteiger partial charge in [-0.05, 0) is 25.3 Å². The molecule has 108 valence electrons. The number of thioether (sulfide) groups is 1. The van der Waals surface area contributed by atoms with Crippen LogP contribution < -0.4 is 5.32 Å². The van der Waals surface area contributed by atoms with Gasteiger partial charge in [0.05, 0.1) is 11.1 Å². The maximum absolute atomic E-state index is 4.93. The van der Waals surface area contributed by atoms with E-state index in [-0.39, 0.29) is 5.41 Å². The van der Waals surface area contributed by atoms with Crippen molar-refractivity contribution >= 4 is 17.6 Å². The van der Waals surface area contributed by atoms with Gasteiger partial charge in [0.15, 0.2) is 0 Å². The van der Waals surface area contributed by atoms with Gasteiger partial charge in [0.25, 0.3) is 0 Å². The summed E-state index contributed by atoms with van der Waals surface area (Å²) in [4.78, 5) is 9.84. The molecule has 0 bridgehead atoms. The van der Waals surface area contributed by atoms with E-state index in [0.717, 1.165) is 42.5 Å². The van der Waals surface area contributed by atoms with Crippen LogP contribution in [0.25, 0.3) is 0 Å². The van der Waals surface area contributed by atoms with Gasteiger partial charge in [0.1, 0.15) is 11.6 Å². The molecule has 0 saturated heterocycles. The number of nitrogens with zero attached hydrogens (tertiary/aromatic N) is 2. The van der Waals surface area contributed by atoms with Crippen LogP contribution in [0.1, 0.15) is 42.4 Å². The third-order valence-electron chi connectivity index (χ3n) is 4.43. The van der Waals surface area contributed by atoms with Crippen molar-refractivity contribution < 1.29 is 0 Å². The lowest BCUT2D eigenvalue weighted by Crippen LogP contribution is -2.17. The maximum Gasteiger partial charge on any atom is 0.141 e. The van der Waals surface area contributed by atoms with Crippen molar-refractivity contribution in [3.05, 3.63) is 53.0 Å². The van der Waals surface area contributed by atoms with E-state index in [0.29, 0.717) is 0 Å². The number of anilines is 1. The van der Waals surface area contributed by atoms with E-state index in [9.17, 15) is 0 Å². The Morgan fingerprint density at radius 1 is 1.14 bits per heavy atom. The van der Waals surface area contributed by atoms with Gasteiger partial charge in [0, 0.05) is 23.6 Å². The molecule has 3 nitrogen and oxygen atoms in total. The number of fused-ring (bicyclic) bond motifs is 1. The average Bonchev–Trinajstić information content (AvgIpc) is 3.20. The number of aromatic nitrogens is 2. The Bertz CT molecular complexity index is 665. The highest BCUT2D eigenvalue weighted by Crippen LogP contribution is 2.52. The molecule has 0 unspecified atom stereocenters. The largest absolute Gasteiger partial charge is 0.370 e. The van der Waals surface area contributed by atoms with E-state index in [1.807, 2.05) is 11.8 Å². The first-order valence-corrected chi connectivity index (χ1v) is 8.76. The van der Waals surface area contributed by atoms with Crippen LogP contribution in [0.15, 0.2) is 30.3 Å². The summed E-state index contributed by atoms with van der Waals surface area (Å²) in [6, 6.07) is 10.7. The second-order valence-corrected chi connectivity index (χ2v) is 6.78. The summed E-state index contributed by atoms with van der Waals surface area (Å²) in [7, 11) is 0. The summed E-state index contributed by atoms with van der Waals surface area (Å²) in [5.74, 6) is 4.14. The molecule has 1 aliphatic carbocycles. The van der Waals surface area contributed by atoms with Crippen LogP contribution in [-0.2, 0) is 16.9 Å². The molecule has 1 saturated carbocycles. The van der Waals surface area contributed by atoms with Gasteiger partial charge in [-0.2, -0.15) is 11.8 Å². The summed E-state index contributed by atoms with van der Waals surface area (Å²) in [5.41, 5.74) is 3.98. The summed E-state index contributed by atoms with van der Waals surface area (Å²) in [6.07, 6.45) is 2.32. The van der Waals surface area contributed by atoms with Crippen LogP contribution in [0.4, 0.5) is 5.82 Å². The van der Waals surface area contributed by atoms with Crippen LogP contribution in [0, 0.1) is 0 Å². The molecule has 1 aromatic heterocycles. The lowest BCUT2D eigenvalue weighted by molar-refractivity contribution is 0.745. The van der Waals surface area contributed by atoms with Gasteiger partial charge < -0.3 is 5.32 Å². The fourth-order valence-electron chi connectivity index (χ4n) is 3.10. The zero-order valence-electron chi connectivity index (χ0n) is 12.2. The number of hydrogen-bond acceptors (Lipinski definition) is 4. The van der Waals surface area contributed by atoms with Crippen molar-refractivity contribution in [2.75, 3.05) is 11.9 Å². The molecule has 21 heavy (non-hydrogen) atoms. The Morgan fingerprint density at radius 2 is 1.95 bits per heavy atom. The van der Waals surface area contributed by atoms with Gasteiger partial charge in [-0.15, -0.1) is 0 Å². The van der Waals surface area contributed by atoms with E-state index in [2.05, 4.69) is 42.6 Å². The second kappa shape index (κ2) is 5.02. The molecule has 1 aromatic carbocycles. The van der Waals surface area contributed by atoms with Gasteiger partial charge in [-0.1, -0.05) is 30.3 Å². The van der Waals surface area contributed by atoms with E-state index in [1.54, 1.807) is 0 Å². The van der Waals surface area contributed by atoms with Crippen LogP contribution in [-0.4, -0.2) is 16.5 Å². The molecule has 0 atom stereocenters. The fraction of sp³-hybridized carbons (Fsp3) is 0.412. The Hall–Kier alpha value is -1.55. The number of nitrogens with one attached hydrogen (secondary N) is 1. The third kappa shape index (κ3) is 2.13. The van der Waals surface area contributed by atoms with Gasteiger partial charge in [-0.25, -0.2) is 9.97 Å². The molecule has 0 amide bonds. The molecule has 1 N–H and O–H groups in total. The van der Waals surface area contributed by atoms with E-state index >= 15 is 0 Å². The molecular formula is C17H19N3S. The maximum atomic E-state index is 4.93. The molecule has 0 radical (unpaired) electrons. The molecular weight excluding hydrogens is 278 g/mol. The van der Waals surface area contributed by atoms with Crippen LogP contribution >= 0.6 is 11.8 Å². The standard InChI is InChI=1S/C17H19N3S/c1-2-18-15-13-10-21-11-14(13)19-16(20-15)17(8-9-17)12-6-4-3-5-7-12/h3-7H,2,8-11H2,1H3,(H,18,19,20). The molecule has 1 fully saturated rings. The molecule has 2 aliphatic rings. The van der Waals surface area contributed by atoms with E-state index in [1.165, 1.54) is 16.8 Å². The molecule has 0 spiro atoms. The first-order valence-electron chi connectivity index (χ1n) is 7.61. The summed E-state index contributed by atoms with van der Waals surface area (Å²) < 4.78 is 0. The van der Waals surface area contributed by atoms with Crippen molar-refractivity contribution in [2.45, 2.75) is 36.7 Å². The highest BCUT2D eigenvalue weighted by molar-refractivity contribution is 7.98. The Kier molecular flexibility index (Phi) is 3.14. The predicted molar refractivity (Wildman–Crippen MR) is 87.7 cm³/mol. The SMILES string of the molecule is CCNc1nc(C2(c3ccccc3)CC2)nc2c1CSC2. The Labute approximate surface area is 129 Å². The third-order valence-corrected chi connectivity index (χ3v) is 5.40. The summed E-state index contributed by atoms with van der Waals surface area (Å²) in [6.45, 7) is 3.03. The zero-order chi connectivity index (χ0) is 14.3. The molecule has 4 heteroatoms. The highest BCUT2D eigenvalue weighted by atomic mass is 32.2. The highest BCUT2D eigenvalue weighted by Gasteiger charge is 2.49. The molecule has 4 rings (SSSR count). The lowest BCUT2D eigenvalue weighted by atomic mass is 9.95. The summed E-state index contributed by atoms with van der Waals surface area (Å²) in [5, 5.41) is 3.44. The monoisotopic (exact) mass is 297 g/mol. The average molecular weight is 297 g/mol. The van der Waals surface area contributed by atoms with Crippen LogP contribution in [0.5, 0.6) is 0 Å². The lowest BCUT2D eigenvalue weighted by Gasteiger charge is -2.17. The first kappa shape index (κ1) is 13.1. The minimum Gasteiger partial charge on any atom is -0.370 e. The second-order valence-electron chi connectivity index (χ2n) is 5.79. The minimum absolute atomic E-state index is 0.0632. The van der Waals surface area contributed by atoms with Crippen molar-refractivity contribution in [2.24, 2.45) is 0 Å². The van der Waals surface area contributed by atoms with Crippen molar-refractivity contribution in [1.82, 2.24) is 9.97 Å². The van der Waals surface area contributed by atoms with Gasteiger partial charge in [-0.3, -0.25) is 0 Å². The number of hydrogen-bond donors (Lipinski definition) is 1. The summed E-state index contributed by atoms with van der Waals surface area (Å²) >= 11 is 1.94. The van der Waals surface area contributed by atoms with Crippen molar-refractivity contribution in [3.63, 3.8) is 0 Å². The zero-order valence-corrected chi connectivity index (χ0v) is 13.0. The topological polar surface area (TPSA) is 37.8 Å². The molecule has 2 heterocycles. The molecule has 1 aliphatic heterocycles. The van der Waals surface area contributed by atoms with Gasteiger partial charge >= 0.3 is 0 Å². The predicted octanol–water partition coefficient (Wildman–Crippen LogP) is 3.74. The van der Waals surface area contributed by atoms with Crippen molar-refractivity contribution in [3.8, 4) is 0 Å². The first-order chi connectivity index (χ1) is 10.3. The quantitative estimate of drug-likeness (QED) is 0.933.